The highest BCUT2D eigenvalue weighted by atomic mass is 19.1. The van der Waals surface area contributed by atoms with Crippen LogP contribution in [0.5, 0.6) is 11.6 Å². The molecule has 2 rings (SSSR count). The number of aromatic nitrogens is 1. The van der Waals surface area contributed by atoms with E-state index in [9.17, 15) is 9.18 Å². The number of unbranched alkanes of at least 4 members (excludes halogenated alkanes) is 1. The van der Waals surface area contributed by atoms with Crippen molar-refractivity contribution in [3.8, 4) is 11.6 Å². The first-order valence-corrected chi connectivity index (χ1v) is 7.28. The Hall–Kier alpha value is -2.43. The number of pyridine rings is 1. The smallest absolute Gasteiger partial charge is 0.255 e. The number of ether oxygens (including phenoxy) is 1. The predicted octanol–water partition coefficient (Wildman–Crippen LogP) is 3.72. The van der Waals surface area contributed by atoms with Gasteiger partial charge < -0.3 is 10.1 Å². The van der Waals surface area contributed by atoms with Gasteiger partial charge in [-0.05, 0) is 36.6 Å². The molecule has 5 heteroatoms. The van der Waals surface area contributed by atoms with Gasteiger partial charge in [0.2, 0.25) is 0 Å². The van der Waals surface area contributed by atoms with Gasteiger partial charge >= 0.3 is 0 Å². The van der Waals surface area contributed by atoms with Gasteiger partial charge in [0.1, 0.15) is 5.75 Å². The van der Waals surface area contributed by atoms with E-state index >= 15 is 0 Å². The van der Waals surface area contributed by atoms with Crippen molar-refractivity contribution in [1.82, 2.24) is 10.3 Å². The van der Waals surface area contributed by atoms with E-state index in [2.05, 4.69) is 17.2 Å². The van der Waals surface area contributed by atoms with Crippen molar-refractivity contribution in [2.75, 3.05) is 7.05 Å². The maximum Gasteiger partial charge on any atom is 0.255 e. The van der Waals surface area contributed by atoms with E-state index in [-0.39, 0.29) is 11.4 Å². The lowest BCUT2D eigenvalue weighted by atomic mass is 10.1. The molecule has 2 aromatic rings. The van der Waals surface area contributed by atoms with Crippen LogP contribution in [-0.2, 0) is 6.42 Å². The highest BCUT2D eigenvalue weighted by molar-refractivity contribution is 5.93. The number of carbonyl (C=O) groups excluding carboxylic acids is 1. The van der Waals surface area contributed by atoms with Gasteiger partial charge in [-0.1, -0.05) is 25.5 Å². The summed E-state index contributed by atoms with van der Waals surface area (Å²) < 4.78 is 19.3. The highest BCUT2D eigenvalue weighted by Crippen LogP contribution is 2.23. The summed E-state index contributed by atoms with van der Waals surface area (Å²) in [6.45, 7) is 2.15. The first kappa shape index (κ1) is 15.9. The van der Waals surface area contributed by atoms with Gasteiger partial charge in [-0.25, -0.2) is 9.37 Å². The lowest BCUT2D eigenvalue weighted by molar-refractivity contribution is 0.0962. The molecule has 0 aliphatic rings. The number of nitrogens with one attached hydrogen (secondary N) is 1. The summed E-state index contributed by atoms with van der Waals surface area (Å²) in [7, 11) is 1.48. The molecule has 1 aromatic carbocycles. The molecule has 0 bridgehead atoms. The van der Waals surface area contributed by atoms with Crippen molar-refractivity contribution in [3.63, 3.8) is 0 Å². The summed E-state index contributed by atoms with van der Waals surface area (Å²) in [5.74, 6) is -0.692. The minimum atomic E-state index is -0.670. The van der Waals surface area contributed by atoms with Crippen LogP contribution >= 0.6 is 0 Å². The fourth-order valence-corrected chi connectivity index (χ4v) is 1.99. The normalized spacial score (nSPS) is 10.3. The van der Waals surface area contributed by atoms with Gasteiger partial charge in [0.15, 0.2) is 5.82 Å². The molecule has 0 saturated carbocycles. The van der Waals surface area contributed by atoms with Crippen LogP contribution in [0.4, 0.5) is 4.39 Å². The molecular formula is C17H19FN2O2. The first-order valence-electron chi connectivity index (χ1n) is 7.28. The lowest BCUT2D eigenvalue weighted by Crippen LogP contribution is -2.18. The molecule has 0 fully saturated rings. The number of hydrogen-bond acceptors (Lipinski definition) is 3. The van der Waals surface area contributed by atoms with E-state index in [1.807, 2.05) is 12.1 Å². The molecule has 116 valence electrons. The molecule has 0 spiro atoms. The van der Waals surface area contributed by atoms with Crippen molar-refractivity contribution < 1.29 is 13.9 Å². The molecule has 1 aromatic heterocycles. The molecule has 0 aliphatic carbocycles. The van der Waals surface area contributed by atoms with Gasteiger partial charge in [0.05, 0.1) is 5.56 Å². The molecule has 0 radical (unpaired) electrons. The van der Waals surface area contributed by atoms with Crippen molar-refractivity contribution in [2.45, 2.75) is 26.2 Å². The number of rotatable bonds is 6. The quantitative estimate of drug-likeness (QED) is 0.885. The Bertz CT molecular complexity index is 642. The number of amides is 1. The van der Waals surface area contributed by atoms with Crippen molar-refractivity contribution >= 4 is 5.91 Å². The standard InChI is InChI=1S/C17H19FN2O2/c1-3-4-5-12-6-8-14(9-7-12)22-17-15(18)10-13(11-20-17)16(21)19-2/h6-11H,3-5H2,1-2H3,(H,19,21). The van der Waals surface area contributed by atoms with Crippen molar-refractivity contribution in [3.05, 3.63) is 53.5 Å². The van der Waals surface area contributed by atoms with Crippen LogP contribution in [0.1, 0.15) is 35.7 Å². The Morgan fingerprint density at radius 3 is 2.64 bits per heavy atom. The zero-order chi connectivity index (χ0) is 15.9. The lowest BCUT2D eigenvalue weighted by Gasteiger charge is -2.08. The summed E-state index contributed by atoms with van der Waals surface area (Å²) in [4.78, 5) is 15.3. The monoisotopic (exact) mass is 302 g/mol. The maximum absolute atomic E-state index is 13.9. The van der Waals surface area contributed by atoms with Gasteiger partial charge in [-0.2, -0.15) is 0 Å². The molecule has 0 atom stereocenters. The van der Waals surface area contributed by atoms with Gasteiger partial charge in [0.25, 0.3) is 11.8 Å². The number of benzene rings is 1. The summed E-state index contributed by atoms with van der Waals surface area (Å²) in [5.41, 5.74) is 1.37. The zero-order valence-electron chi connectivity index (χ0n) is 12.7. The third-order valence-electron chi connectivity index (χ3n) is 3.25. The largest absolute Gasteiger partial charge is 0.436 e. The Balaban J connectivity index is 2.08. The van der Waals surface area contributed by atoms with E-state index in [0.29, 0.717) is 5.75 Å². The molecule has 0 unspecified atom stereocenters. The minimum Gasteiger partial charge on any atom is -0.436 e. The molecule has 1 heterocycles. The van der Waals surface area contributed by atoms with Crippen LogP contribution in [0, 0.1) is 5.82 Å². The number of hydrogen-bond donors (Lipinski definition) is 1. The van der Waals surface area contributed by atoms with Crippen LogP contribution in [0.3, 0.4) is 0 Å². The fraction of sp³-hybridized carbons (Fsp3) is 0.294. The van der Waals surface area contributed by atoms with E-state index in [0.717, 1.165) is 25.3 Å². The SMILES string of the molecule is CCCCc1ccc(Oc2ncc(C(=O)NC)cc2F)cc1. The summed E-state index contributed by atoms with van der Waals surface area (Å²) in [6, 6.07) is 8.61. The fourth-order valence-electron chi connectivity index (χ4n) is 1.99. The van der Waals surface area contributed by atoms with Crippen molar-refractivity contribution in [1.29, 1.82) is 0 Å². The Labute approximate surface area is 129 Å². The van der Waals surface area contributed by atoms with Gasteiger partial charge in [-0.3, -0.25) is 4.79 Å². The predicted molar refractivity (Wildman–Crippen MR) is 82.7 cm³/mol. The van der Waals surface area contributed by atoms with Gasteiger partial charge in [0, 0.05) is 13.2 Å². The Morgan fingerprint density at radius 2 is 2.05 bits per heavy atom. The van der Waals surface area contributed by atoms with E-state index in [1.54, 1.807) is 12.1 Å². The van der Waals surface area contributed by atoms with E-state index in [1.165, 1.54) is 18.8 Å². The Kier molecular flexibility index (Phi) is 5.47. The number of halogens is 1. The first-order chi connectivity index (χ1) is 10.6. The number of aryl methyl sites for hydroxylation is 1. The third-order valence-corrected chi connectivity index (χ3v) is 3.25. The topological polar surface area (TPSA) is 51.2 Å². The molecule has 0 saturated heterocycles. The molecule has 0 aliphatic heterocycles. The van der Waals surface area contributed by atoms with Crippen LogP contribution < -0.4 is 10.1 Å². The van der Waals surface area contributed by atoms with Crippen LogP contribution in [-0.4, -0.2) is 17.9 Å². The average Bonchev–Trinajstić information content (AvgIpc) is 2.55. The summed E-state index contributed by atoms with van der Waals surface area (Å²) >= 11 is 0. The molecule has 1 N–H and O–H groups in total. The maximum atomic E-state index is 13.9. The third kappa shape index (κ3) is 4.04. The second-order valence-electron chi connectivity index (χ2n) is 4.94. The van der Waals surface area contributed by atoms with E-state index < -0.39 is 11.7 Å². The summed E-state index contributed by atoms with van der Waals surface area (Å²) in [5, 5.41) is 2.41. The second-order valence-corrected chi connectivity index (χ2v) is 4.94. The average molecular weight is 302 g/mol. The van der Waals surface area contributed by atoms with Crippen molar-refractivity contribution in [2.24, 2.45) is 0 Å². The Morgan fingerprint density at radius 1 is 1.32 bits per heavy atom. The zero-order valence-corrected chi connectivity index (χ0v) is 12.7. The molecular weight excluding hydrogens is 283 g/mol. The van der Waals surface area contributed by atoms with E-state index in [4.69, 9.17) is 4.74 Å². The second kappa shape index (κ2) is 7.54. The number of nitrogens with zero attached hydrogens (tertiary/aromatic N) is 1. The molecule has 1 amide bonds. The van der Waals surface area contributed by atoms with Crippen LogP contribution in [0.25, 0.3) is 0 Å². The molecule has 22 heavy (non-hydrogen) atoms. The van der Waals surface area contributed by atoms with Crippen LogP contribution in [0.15, 0.2) is 36.5 Å². The van der Waals surface area contributed by atoms with Crippen LogP contribution in [0.2, 0.25) is 0 Å². The minimum absolute atomic E-state index is 0.144. The highest BCUT2D eigenvalue weighted by Gasteiger charge is 2.11. The molecule has 4 nitrogen and oxygen atoms in total. The summed E-state index contributed by atoms with van der Waals surface area (Å²) in [6.07, 6.45) is 4.58. The van der Waals surface area contributed by atoms with Gasteiger partial charge in [-0.15, -0.1) is 0 Å². The number of carbonyl (C=O) groups is 1.